The zero-order chi connectivity index (χ0) is 113. The fourth-order valence-corrected chi connectivity index (χ4v) is 47.6. The number of nitrogens with two attached hydrogens (primary N) is 2. The summed E-state index contributed by atoms with van der Waals surface area (Å²) >= 11 is 13.9. The van der Waals surface area contributed by atoms with Crippen molar-refractivity contribution in [1.82, 2.24) is 19.9 Å². The molecular formula is C103H168Br4F4N14O14S5Si4. The first-order chi connectivity index (χ1) is 68.2. The van der Waals surface area contributed by atoms with Gasteiger partial charge in [0.25, 0.3) is 10.1 Å². The van der Waals surface area contributed by atoms with Crippen molar-refractivity contribution in [3.05, 3.63) is 119 Å². The molecule has 148 heavy (non-hydrogen) atoms. The van der Waals surface area contributed by atoms with Crippen LogP contribution in [0.2, 0.25) is 72.5 Å². The molecule has 4 aromatic heterocycles. The lowest BCUT2D eigenvalue weighted by Gasteiger charge is -2.42. The number of amidine groups is 1. The molecule has 0 unspecified atom stereocenters. The summed E-state index contributed by atoms with van der Waals surface area (Å²) in [7, 11) is -24.9. The van der Waals surface area contributed by atoms with Gasteiger partial charge >= 0.3 is 11.9 Å². The Bertz CT molecular complexity index is 6300. The number of halogens is 8. The second-order valence-electron chi connectivity index (χ2n) is 43.7. The zero-order valence-corrected chi connectivity index (χ0v) is 108. The van der Waals surface area contributed by atoms with Crippen molar-refractivity contribution in [2.24, 2.45) is 43.9 Å². The van der Waals surface area contributed by atoms with Crippen LogP contribution >= 0.6 is 63.7 Å². The summed E-state index contributed by atoms with van der Waals surface area (Å²) in [6.45, 7) is 58.3. The molecular weight excluding hydrogens is 2330 g/mol. The predicted octanol–water partition coefficient (Wildman–Crippen LogP) is 21.1. The highest BCUT2D eigenvalue weighted by molar-refractivity contribution is 9.11. The Labute approximate surface area is 920 Å². The van der Waals surface area contributed by atoms with E-state index in [1.807, 2.05) is 13.0 Å². The van der Waals surface area contributed by atoms with Crippen LogP contribution in [0.3, 0.4) is 0 Å². The van der Waals surface area contributed by atoms with Gasteiger partial charge in [0.2, 0.25) is 0 Å². The van der Waals surface area contributed by atoms with E-state index in [1.165, 1.54) is 12.1 Å². The molecule has 0 saturated carbocycles. The topological polar surface area (TPSA) is 439 Å². The second-order valence-corrected chi connectivity index (χ2v) is 80.9. The number of aromatic nitrogens is 4. The number of aliphatic imine (C=N–C) groups is 3. The number of hydrogen-bond acceptors (Lipinski definition) is 28. The number of rotatable bonds is 42. The molecule has 45 heteroatoms. The number of nitriles is 1. The van der Waals surface area contributed by atoms with Gasteiger partial charge in [0, 0.05) is 31.2 Å². The molecule has 0 bridgehead atoms. The lowest BCUT2D eigenvalue weighted by molar-refractivity contribution is -0.154. The van der Waals surface area contributed by atoms with Crippen LogP contribution in [0.5, 0.6) is 0 Å². The Kier molecular flexibility index (Phi) is 47.8. The normalized spacial score (nSPS) is 21.9. The molecule has 0 radical (unpaired) electrons. The van der Waals surface area contributed by atoms with E-state index in [2.05, 4.69) is 195 Å². The smallest absolute Gasteiger partial charge is 0.312 e. The van der Waals surface area contributed by atoms with E-state index < -0.39 is 163 Å². The van der Waals surface area contributed by atoms with E-state index in [4.69, 9.17) is 45.3 Å². The number of aliphatic hydroxyl groups excluding tert-OH is 3. The molecule has 7 N–H and O–H groups in total. The molecule has 28 nitrogen and oxygen atoms in total. The minimum Gasteiger partial charge on any atom is -0.460 e. The van der Waals surface area contributed by atoms with E-state index >= 15 is 21.8 Å². The number of pyridine rings is 4. The largest absolute Gasteiger partial charge is 0.460 e. The van der Waals surface area contributed by atoms with Crippen molar-refractivity contribution >= 4 is 195 Å². The Morgan fingerprint density at radius 2 is 0.764 bits per heavy atom. The van der Waals surface area contributed by atoms with Crippen LogP contribution in [0.4, 0.5) is 17.6 Å². The van der Waals surface area contributed by atoms with Crippen molar-refractivity contribution in [1.29, 1.82) is 5.26 Å². The van der Waals surface area contributed by atoms with Crippen LogP contribution in [-0.2, 0) is 94.4 Å². The van der Waals surface area contributed by atoms with Gasteiger partial charge in [-0.05, 0) is 278 Å². The molecule has 3 aliphatic rings. The van der Waals surface area contributed by atoms with Crippen molar-refractivity contribution in [3.8, 4) is 6.07 Å². The number of aryl methyl sites for hydroxylation is 1. The summed E-state index contributed by atoms with van der Waals surface area (Å²) in [5.74, 6) is -2.88. The van der Waals surface area contributed by atoms with Crippen LogP contribution in [0.25, 0.3) is 0 Å². The summed E-state index contributed by atoms with van der Waals surface area (Å²) in [4.78, 5) is 58.7. The fraction of sp³-hybridized carbons (Fsp3) is 0.689. The highest BCUT2D eigenvalue weighted by Crippen LogP contribution is 2.46. The van der Waals surface area contributed by atoms with Crippen LogP contribution in [-0.4, -0.2) is 228 Å². The van der Waals surface area contributed by atoms with Crippen molar-refractivity contribution < 1.29 is 81.4 Å². The van der Waals surface area contributed by atoms with Crippen molar-refractivity contribution in [2.75, 3.05) is 75.6 Å². The first-order valence-electron chi connectivity index (χ1n) is 51.4. The van der Waals surface area contributed by atoms with Gasteiger partial charge in [-0.3, -0.25) is 28.7 Å². The van der Waals surface area contributed by atoms with Crippen LogP contribution in [0.1, 0.15) is 275 Å². The first kappa shape index (κ1) is 134. The monoisotopic (exact) mass is 2490 g/mol. The molecule has 0 aliphatic carbocycles. The van der Waals surface area contributed by atoms with Gasteiger partial charge in [-0.2, -0.15) is 13.7 Å². The molecule has 0 spiro atoms. The summed E-state index contributed by atoms with van der Waals surface area (Å²) < 4.78 is 180. The molecule has 0 fully saturated rings. The minimum atomic E-state index is -3.98. The summed E-state index contributed by atoms with van der Waals surface area (Å²) in [5, 5.41) is 39.9. The molecule has 5 aromatic rings. The predicted molar refractivity (Wildman–Crippen MR) is 623 cm³/mol. The number of benzene rings is 1. The Morgan fingerprint density at radius 1 is 0.473 bits per heavy atom. The van der Waals surface area contributed by atoms with Gasteiger partial charge in [-0.15, -0.1) is 0 Å². The number of esters is 2. The highest BCUT2D eigenvalue weighted by Gasteiger charge is 2.56. The van der Waals surface area contributed by atoms with Crippen LogP contribution < -0.4 is 32.2 Å². The van der Waals surface area contributed by atoms with Crippen molar-refractivity contribution in [2.45, 2.75) is 383 Å². The van der Waals surface area contributed by atoms with Gasteiger partial charge in [0.05, 0.1) is 172 Å². The van der Waals surface area contributed by atoms with Crippen LogP contribution in [0.15, 0.2) is 104 Å². The molecule has 0 saturated heterocycles. The van der Waals surface area contributed by atoms with E-state index in [1.54, 1.807) is 155 Å². The first-order valence-corrected chi connectivity index (χ1v) is 73.2. The molecule has 1 aromatic carbocycles. The van der Waals surface area contributed by atoms with E-state index in [9.17, 15) is 41.0 Å². The quantitative estimate of drug-likeness (QED) is 0.00605. The third-order valence-electron chi connectivity index (χ3n) is 30.2. The third-order valence-corrected chi connectivity index (χ3v) is 68.8. The van der Waals surface area contributed by atoms with Gasteiger partial charge in [0.15, 0.2) is 0 Å². The van der Waals surface area contributed by atoms with Gasteiger partial charge in [0.1, 0.15) is 102 Å². The number of ether oxygens (including phenoxy) is 2. The molecule has 836 valence electrons. The Balaban J connectivity index is 0.000000353. The minimum absolute atomic E-state index is 0.0126. The second kappa shape index (κ2) is 53.0. The maximum atomic E-state index is 16.8. The molecule has 3 aliphatic heterocycles. The summed E-state index contributed by atoms with van der Waals surface area (Å²) in [6, 6.07) is 26.2. The number of carbonyl (C=O) groups excluding carboxylic acids is 2. The summed E-state index contributed by atoms with van der Waals surface area (Å²) in [6.07, 6.45) is 0.806. The van der Waals surface area contributed by atoms with Gasteiger partial charge in [-0.25, -0.2) is 71.8 Å². The number of carbonyl (C=O) groups is 2. The van der Waals surface area contributed by atoms with E-state index in [0.29, 0.717) is 58.9 Å². The maximum absolute atomic E-state index is 16.8. The van der Waals surface area contributed by atoms with Crippen molar-refractivity contribution in [3.63, 3.8) is 0 Å². The van der Waals surface area contributed by atoms with E-state index in [-0.39, 0.29) is 140 Å². The average molecular weight is 2490 g/mol. The highest BCUT2D eigenvalue weighted by atomic mass is 79.9. The number of nitrogens with zero attached hydrogens (tertiary/aromatic N) is 12. The molecule has 8 rings (SSSR count). The summed E-state index contributed by atoms with van der Waals surface area (Å²) in [5.41, 5.74) is 8.04. The fourth-order valence-electron chi connectivity index (χ4n) is 19.4. The van der Waals surface area contributed by atoms with Crippen LogP contribution in [0, 0.1) is 41.5 Å². The Morgan fingerprint density at radius 3 is 1.07 bits per heavy atom. The lowest BCUT2D eigenvalue weighted by atomic mass is 9.95. The number of hydrogen-bond donors (Lipinski definition) is 5. The third kappa shape index (κ3) is 30.6. The lowest BCUT2D eigenvalue weighted by Crippen LogP contribution is -2.56. The SMILES string of the molecule is CC[Si](CC)(CC)c1cc(Br)nc([C@@](C)(N)C[S@@](=O)(=NCCCO)C(C)(C)C#N)c1F.CC[Si](CC)(CC)c1cc(Br)nc([C@]2(C)C[S@@](=O)(=NCCCO)C(C)(C)C(CC(=O)OC(C)(C)C)=N2)c1F.CC[Si](CC)(CC)c1cc(Br)nc([C@]2(C)C[S@@](=O)(=NCCCO)C(C)(C)C(N)=N2)c1F.CC[Si](CC)(CC)c1cc(Br)nc([C@]2(C)C[S@@](=O)(=NCCCOS(=O)(=O)c3ccc(C)cc3)C(C)(C)C(CC(=O)OC(C)(C)C)=N2)c1F. The number of aliphatic hydroxyl groups is 3. The van der Waals surface area contributed by atoms with Gasteiger partial charge < -0.3 is 36.3 Å². The Hall–Kier alpha value is -4.88. The molecule has 7 heterocycles. The zero-order valence-electron chi connectivity index (χ0n) is 93.3. The molecule has 8 atom stereocenters. The molecule has 0 amide bonds. The maximum Gasteiger partial charge on any atom is 0.312 e. The van der Waals surface area contributed by atoms with E-state index in [0.717, 1.165) is 83.3 Å². The average Bonchev–Trinajstić information content (AvgIpc) is 0.721. The standard InChI is InChI=1S/C34H51BrFN3O6S2Si.C27H45BrFN3O4SSi.2C21H36BrFN4O2SSi/c1-11-48(12-2,13-3)26-21-28(35)38-31(30(26)36)34(10)23-46(41,33(8,9)27(39-34)22-29(40)45-32(5,6)7)37-19-14-20-44-47(42,43)25-17-15-24(4)16-18-25;1-10-38(11-2,12-3)19-16-21(28)31-24(23(19)29)27(9)18-37(35,30-14-13-15-33)26(7,8)20(32-27)17-22(34)36-25(4,5)6;1-7-31(8-2,9-3)15-13-16(22)26-18(17(15)23)21(6)14-30(29,25-11-10-12-28)20(4,5)19(24)27-21;1-7-31(8-2,9-3)16-13-17(22)27-19(18(16)23)21(6,25)15-30(29,20(4,5)14-24)26-11-10-12-28/h15-18,21H,11-14,19-20,22-23H2,1-10H3;16,33H,10-15,17-18H2,1-9H3;13,28H,7-12,14H2,1-6H3,(H2,24,27);13,28H,7-12,15,25H2,1-6H3/t34-,46-;27-,37-;2*21-,30-/m0000/s1. The van der Waals surface area contributed by atoms with Gasteiger partial charge in [-0.1, -0.05) is 173 Å².